The summed E-state index contributed by atoms with van der Waals surface area (Å²) in [5, 5.41) is 12.2. The molecule has 0 bridgehead atoms. The summed E-state index contributed by atoms with van der Waals surface area (Å²) in [5.41, 5.74) is 0. The van der Waals surface area contributed by atoms with Crippen molar-refractivity contribution in [1.82, 2.24) is 9.62 Å². The Balaban J connectivity index is 2.47. The van der Waals surface area contributed by atoms with Gasteiger partial charge in [-0.3, -0.25) is 0 Å². The van der Waals surface area contributed by atoms with Crippen molar-refractivity contribution >= 4 is 10.0 Å². The van der Waals surface area contributed by atoms with Gasteiger partial charge >= 0.3 is 0 Å². The standard InChI is InChI=1S/C12H24N2O3S/c1-2-8-14(9-10-15)18(16,17)11-6-12-5-3-4-7-13-12/h2,12-13,15H,1,3-11H2. The van der Waals surface area contributed by atoms with E-state index in [9.17, 15) is 8.42 Å². The molecule has 0 aromatic carbocycles. The smallest absolute Gasteiger partial charge is 0.214 e. The number of aliphatic hydroxyl groups excluding tert-OH is 1. The Hall–Kier alpha value is -0.430. The van der Waals surface area contributed by atoms with E-state index in [1.807, 2.05) is 0 Å². The van der Waals surface area contributed by atoms with E-state index in [1.54, 1.807) is 6.08 Å². The maximum Gasteiger partial charge on any atom is 0.214 e. The molecule has 0 amide bonds. The van der Waals surface area contributed by atoms with Crippen LogP contribution in [0.2, 0.25) is 0 Å². The van der Waals surface area contributed by atoms with Crippen molar-refractivity contribution in [3.05, 3.63) is 12.7 Å². The Morgan fingerprint density at radius 1 is 1.44 bits per heavy atom. The summed E-state index contributed by atoms with van der Waals surface area (Å²) < 4.78 is 25.5. The fraction of sp³-hybridized carbons (Fsp3) is 0.833. The Labute approximate surface area is 110 Å². The van der Waals surface area contributed by atoms with Gasteiger partial charge in [0.05, 0.1) is 12.4 Å². The zero-order chi connectivity index (χ0) is 13.4. The molecule has 2 N–H and O–H groups in total. The molecule has 0 aromatic heterocycles. The fourth-order valence-corrected chi connectivity index (χ4v) is 3.72. The first-order valence-electron chi connectivity index (χ1n) is 6.53. The van der Waals surface area contributed by atoms with Crippen LogP contribution in [0.4, 0.5) is 0 Å². The van der Waals surface area contributed by atoms with Crippen molar-refractivity contribution in [2.24, 2.45) is 0 Å². The molecule has 106 valence electrons. The molecule has 0 radical (unpaired) electrons. The van der Waals surface area contributed by atoms with E-state index in [4.69, 9.17) is 5.11 Å². The van der Waals surface area contributed by atoms with Crippen LogP contribution in [0.1, 0.15) is 25.7 Å². The van der Waals surface area contributed by atoms with Gasteiger partial charge in [0.25, 0.3) is 0 Å². The summed E-state index contributed by atoms with van der Waals surface area (Å²) in [7, 11) is -3.28. The molecule has 1 fully saturated rings. The molecule has 0 aromatic rings. The highest BCUT2D eigenvalue weighted by Crippen LogP contribution is 2.12. The van der Waals surface area contributed by atoms with Crippen LogP contribution in [-0.4, -0.2) is 55.9 Å². The van der Waals surface area contributed by atoms with Crippen molar-refractivity contribution in [3.63, 3.8) is 0 Å². The Morgan fingerprint density at radius 2 is 2.22 bits per heavy atom. The zero-order valence-corrected chi connectivity index (χ0v) is 11.7. The summed E-state index contributed by atoms with van der Waals surface area (Å²) >= 11 is 0. The lowest BCUT2D eigenvalue weighted by Crippen LogP contribution is -2.39. The molecule has 1 aliphatic heterocycles. The first kappa shape index (κ1) is 15.6. The van der Waals surface area contributed by atoms with Gasteiger partial charge in [-0.1, -0.05) is 12.5 Å². The predicted octanol–water partition coefficient (Wildman–Crippen LogP) is 0.329. The fourth-order valence-electron chi connectivity index (χ4n) is 2.19. The average Bonchev–Trinajstić information content (AvgIpc) is 2.37. The van der Waals surface area contributed by atoms with Crippen LogP contribution in [0, 0.1) is 0 Å². The number of aliphatic hydroxyl groups is 1. The third kappa shape index (κ3) is 5.06. The van der Waals surface area contributed by atoms with Crippen molar-refractivity contribution in [3.8, 4) is 0 Å². The molecule has 0 aliphatic carbocycles. The van der Waals surface area contributed by atoms with E-state index in [1.165, 1.54) is 17.1 Å². The molecule has 1 aliphatic rings. The quantitative estimate of drug-likeness (QED) is 0.627. The van der Waals surface area contributed by atoms with Crippen molar-refractivity contribution < 1.29 is 13.5 Å². The number of nitrogens with one attached hydrogen (secondary N) is 1. The van der Waals surface area contributed by atoms with Crippen molar-refractivity contribution in [2.45, 2.75) is 31.7 Å². The Morgan fingerprint density at radius 3 is 2.78 bits per heavy atom. The van der Waals surface area contributed by atoms with E-state index >= 15 is 0 Å². The lowest BCUT2D eigenvalue weighted by molar-refractivity contribution is 0.260. The van der Waals surface area contributed by atoms with E-state index in [0.717, 1.165) is 13.0 Å². The summed E-state index contributed by atoms with van der Waals surface area (Å²) in [6.07, 6.45) is 5.59. The molecule has 1 heterocycles. The van der Waals surface area contributed by atoms with Gasteiger partial charge in [0.15, 0.2) is 0 Å². The summed E-state index contributed by atoms with van der Waals surface area (Å²) in [5.74, 6) is 0.137. The SMILES string of the molecule is C=CCN(CCO)S(=O)(=O)CCC1CCCCN1. The van der Waals surface area contributed by atoms with Gasteiger partial charge in [0, 0.05) is 19.1 Å². The maximum atomic E-state index is 12.1. The zero-order valence-electron chi connectivity index (χ0n) is 10.8. The van der Waals surface area contributed by atoms with Crippen LogP contribution in [0.5, 0.6) is 0 Å². The van der Waals surface area contributed by atoms with Gasteiger partial charge in [0.2, 0.25) is 10.0 Å². The minimum atomic E-state index is -3.28. The van der Waals surface area contributed by atoms with Crippen LogP contribution in [0.15, 0.2) is 12.7 Å². The molecular weight excluding hydrogens is 252 g/mol. The lowest BCUT2D eigenvalue weighted by atomic mass is 10.0. The number of hydrogen-bond donors (Lipinski definition) is 2. The summed E-state index contributed by atoms with van der Waals surface area (Å²) in [4.78, 5) is 0. The molecule has 0 saturated carbocycles. The normalized spacial score (nSPS) is 21.1. The highest BCUT2D eigenvalue weighted by molar-refractivity contribution is 7.89. The molecule has 1 unspecified atom stereocenters. The third-order valence-corrected chi connectivity index (χ3v) is 5.08. The minimum Gasteiger partial charge on any atom is -0.395 e. The Kier molecular flexibility index (Phi) is 6.85. The monoisotopic (exact) mass is 276 g/mol. The Bertz CT molecular complexity index is 337. The topological polar surface area (TPSA) is 69.6 Å². The van der Waals surface area contributed by atoms with Crippen LogP contribution >= 0.6 is 0 Å². The molecule has 1 rings (SSSR count). The van der Waals surface area contributed by atoms with E-state index in [-0.39, 0.29) is 25.4 Å². The molecule has 18 heavy (non-hydrogen) atoms. The van der Waals surface area contributed by atoms with Gasteiger partial charge in [-0.2, -0.15) is 4.31 Å². The van der Waals surface area contributed by atoms with E-state index in [2.05, 4.69) is 11.9 Å². The van der Waals surface area contributed by atoms with Gasteiger partial charge in [-0.25, -0.2) is 8.42 Å². The maximum absolute atomic E-state index is 12.1. The van der Waals surface area contributed by atoms with Crippen LogP contribution in [0.25, 0.3) is 0 Å². The molecule has 5 nitrogen and oxygen atoms in total. The summed E-state index contributed by atoms with van der Waals surface area (Å²) in [6.45, 7) is 4.78. The van der Waals surface area contributed by atoms with Gasteiger partial charge < -0.3 is 10.4 Å². The van der Waals surface area contributed by atoms with Crippen molar-refractivity contribution in [1.29, 1.82) is 0 Å². The molecule has 1 saturated heterocycles. The second-order valence-electron chi connectivity index (χ2n) is 4.62. The number of nitrogens with zero attached hydrogens (tertiary/aromatic N) is 1. The third-order valence-electron chi connectivity index (χ3n) is 3.21. The van der Waals surface area contributed by atoms with Gasteiger partial charge in [-0.05, 0) is 25.8 Å². The largest absolute Gasteiger partial charge is 0.395 e. The van der Waals surface area contributed by atoms with Crippen molar-refractivity contribution in [2.75, 3.05) is 32.0 Å². The first-order chi connectivity index (χ1) is 8.60. The lowest BCUT2D eigenvalue weighted by Gasteiger charge is -2.25. The van der Waals surface area contributed by atoms with Gasteiger partial charge in [-0.15, -0.1) is 6.58 Å². The average molecular weight is 276 g/mol. The first-order valence-corrected chi connectivity index (χ1v) is 8.14. The second-order valence-corrected chi connectivity index (χ2v) is 6.71. The predicted molar refractivity (Wildman–Crippen MR) is 72.9 cm³/mol. The molecule has 1 atom stereocenters. The number of sulfonamides is 1. The molecular formula is C12H24N2O3S. The number of rotatable bonds is 8. The van der Waals surface area contributed by atoms with E-state index in [0.29, 0.717) is 12.5 Å². The highest BCUT2D eigenvalue weighted by atomic mass is 32.2. The highest BCUT2D eigenvalue weighted by Gasteiger charge is 2.22. The van der Waals surface area contributed by atoms with Crippen LogP contribution < -0.4 is 5.32 Å². The number of piperidine rings is 1. The van der Waals surface area contributed by atoms with Crippen LogP contribution in [-0.2, 0) is 10.0 Å². The van der Waals surface area contributed by atoms with Gasteiger partial charge in [0.1, 0.15) is 0 Å². The second kappa shape index (κ2) is 7.89. The van der Waals surface area contributed by atoms with Crippen LogP contribution in [0.3, 0.4) is 0 Å². The molecule has 6 heteroatoms. The molecule has 0 spiro atoms. The minimum absolute atomic E-state index is 0.137. The summed E-state index contributed by atoms with van der Waals surface area (Å²) in [6, 6.07) is 0.313. The van der Waals surface area contributed by atoms with E-state index < -0.39 is 10.0 Å². The number of hydrogen-bond acceptors (Lipinski definition) is 4.